The van der Waals surface area contributed by atoms with Crippen LogP contribution in [-0.4, -0.2) is 18.5 Å². The molecule has 1 aromatic rings. The van der Waals surface area contributed by atoms with E-state index in [4.69, 9.17) is 27.9 Å². The topological polar surface area (TPSA) is 26.3 Å². The predicted molar refractivity (Wildman–Crippen MR) is 78.0 cm³/mol. The number of hydrogen-bond acceptors (Lipinski definition) is 2. The Morgan fingerprint density at radius 1 is 1.21 bits per heavy atom. The molecule has 19 heavy (non-hydrogen) atoms. The van der Waals surface area contributed by atoms with Gasteiger partial charge < -0.3 is 4.74 Å². The molecule has 0 radical (unpaired) electrons. The van der Waals surface area contributed by atoms with Crippen LogP contribution >= 0.6 is 23.2 Å². The predicted octanol–water partition coefficient (Wildman–Crippen LogP) is 4.45. The van der Waals surface area contributed by atoms with Gasteiger partial charge in [-0.3, -0.25) is 4.79 Å². The average Bonchev–Trinajstić information content (AvgIpc) is 2.43. The maximum Gasteiger partial charge on any atom is 0.169 e. The second-order valence-electron chi connectivity index (χ2n) is 5.06. The number of carbonyl (C=O) groups excluding carboxylic acids is 1. The number of carbonyl (C=O) groups is 1. The minimum absolute atomic E-state index is 0.0877. The van der Waals surface area contributed by atoms with Crippen molar-refractivity contribution in [1.29, 1.82) is 0 Å². The summed E-state index contributed by atoms with van der Waals surface area (Å²) in [4.78, 5) is 12.6. The normalized spacial score (nSPS) is 18.3. The van der Waals surface area contributed by atoms with E-state index in [2.05, 4.69) is 0 Å². The van der Waals surface area contributed by atoms with Gasteiger partial charge in [-0.05, 0) is 30.5 Å². The largest absolute Gasteiger partial charge is 0.370 e. The molecule has 1 aliphatic carbocycles. The quantitative estimate of drug-likeness (QED) is 0.821. The van der Waals surface area contributed by atoms with Crippen LogP contribution < -0.4 is 0 Å². The van der Waals surface area contributed by atoms with Crippen molar-refractivity contribution < 1.29 is 9.53 Å². The lowest BCUT2D eigenvalue weighted by atomic mass is 9.79. The highest BCUT2D eigenvalue weighted by molar-refractivity contribution is 6.36. The van der Waals surface area contributed by atoms with Crippen molar-refractivity contribution in [2.45, 2.75) is 44.1 Å². The van der Waals surface area contributed by atoms with Gasteiger partial charge in [0.2, 0.25) is 0 Å². The van der Waals surface area contributed by atoms with Crippen LogP contribution in [0.3, 0.4) is 0 Å². The summed E-state index contributed by atoms with van der Waals surface area (Å²) < 4.78 is 5.56. The molecule has 2 nitrogen and oxygen atoms in total. The Kier molecular flexibility index (Phi) is 4.88. The average molecular weight is 301 g/mol. The third-order valence-electron chi connectivity index (χ3n) is 3.96. The zero-order valence-corrected chi connectivity index (χ0v) is 12.6. The van der Waals surface area contributed by atoms with Crippen molar-refractivity contribution in [3.63, 3.8) is 0 Å². The minimum atomic E-state index is -0.638. The molecule has 0 saturated heterocycles. The van der Waals surface area contributed by atoms with Gasteiger partial charge in [0, 0.05) is 23.6 Å². The molecule has 0 unspecified atom stereocenters. The SMILES string of the molecule is COC1(C(=O)Cc2c(Cl)cccc2Cl)CCCCC1. The molecular formula is C15H18Cl2O2. The van der Waals surface area contributed by atoms with Crippen LogP contribution in [0.25, 0.3) is 0 Å². The number of methoxy groups -OCH3 is 1. The van der Waals surface area contributed by atoms with Crippen LogP contribution in [0.4, 0.5) is 0 Å². The molecule has 1 aromatic carbocycles. The molecule has 2 rings (SSSR count). The van der Waals surface area contributed by atoms with Gasteiger partial charge in [-0.15, -0.1) is 0 Å². The summed E-state index contributed by atoms with van der Waals surface area (Å²) in [6.45, 7) is 0. The molecule has 0 spiro atoms. The monoisotopic (exact) mass is 300 g/mol. The first kappa shape index (κ1) is 14.8. The van der Waals surface area contributed by atoms with Crippen LogP contribution in [0.15, 0.2) is 18.2 Å². The molecule has 0 aliphatic heterocycles. The lowest BCUT2D eigenvalue weighted by molar-refractivity contribution is -0.144. The van der Waals surface area contributed by atoms with E-state index in [0.717, 1.165) is 25.7 Å². The first-order valence-electron chi connectivity index (χ1n) is 6.60. The second kappa shape index (κ2) is 6.25. The summed E-state index contributed by atoms with van der Waals surface area (Å²) in [7, 11) is 1.62. The zero-order valence-electron chi connectivity index (χ0n) is 11.0. The van der Waals surface area contributed by atoms with Crippen molar-refractivity contribution in [3.05, 3.63) is 33.8 Å². The summed E-state index contributed by atoms with van der Waals surface area (Å²) in [5.41, 5.74) is 0.0682. The van der Waals surface area contributed by atoms with E-state index in [1.165, 1.54) is 6.42 Å². The van der Waals surface area contributed by atoms with Gasteiger partial charge in [-0.25, -0.2) is 0 Å². The summed E-state index contributed by atoms with van der Waals surface area (Å²) >= 11 is 12.2. The first-order chi connectivity index (χ1) is 9.09. The van der Waals surface area contributed by atoms with Crippen molar-refractivity contribution in [2.24, 2.45) is 0 Å². The Balaban J connectivity index is 2.20. The third-order valence-corrected chi connectivity index (χ3v) is 4.67. The molecule has 0 heterocycles. The Morgan fingerprint density at radius 3 is 2.32 bits per heavy atom. The van der Waals surface area contributed by atoms with Crippen molar-refractivity contribution in [1.82, 2.24) is 0 Å². The van der Waals surface area contributed by atoms with Gasteiger partial charge in [0.1, 0.15) is 5.60 Å². The van der Waals surface area contributed by atoms with Gasteiger partial charge in [0.15, 0.2) is 5.78 Å². The fourth-order valence-electron chi connectivity index (χ4n) is 2.74. The Labute approximate surface area is 124 Å². The minimum Gasteiger partial charge on any atom is -0.370 e. The van der Waals surface area contributed by atoms with Crippen LogP contribution in [0.5, 0.6) is 0 Å². The molecule has 0 amide bonds. The van der Waals surface area contributed by atoms with Crippen LogP contribution in [0, 0.1) is 0 Å². The molecule has 104 valence electrons. The highest BCUT2D eigenvalue weighted by atomic mass is 35.5. The molecule has 4 heteroatoms. The van der Waals surface area contributed by atoms with Gasteiger partial charge >= 0.3 is 0 Å². The molecular weight excluding hydrogens is 283 g/mol. The summed E-state index contributed by atoms with van der Waals surface area (Å²) in [5, 5.41) is 1.09. The highest BCUT2D eigenvalue weighted by Crippen LogP contribution is 2.34. The van der Waals surface area contributed by atoms with E-state index in [9.17, 15) is 4.79 Å². The number of Topliss-reactive ketones (excluding diaryl/α,β-unsaturated/α-hetero) is 1. The zero-order chi connectivity index (χ0) is 13.9. The van der Waals surface area contributed by atoms with E-state index < -0.39 is 5.60 Å². The number of ketones is 1. The maximum atomic E-state index is 12.6. The molecule has 0 atom stereocenters. The maximum absolute atomic E-state index is 12.6. The summed E-state index contributed by atoms with van der Waals surface area (Å²) in [5.74, 6) is 0.0877. The van der Waals surface area contributed by atoms with Gasteiger partial charge in [-0.1, -0.05) is 48.5 Å². The van der Waals surface area contributed by atoms with Gasteiger partial charge in [-0.2, -0.15) is 0 Å². The standard InChI is InChI=1S/C15H18Cl2O2/c1-19-15(8-3-2-4-9-15)14(18)10-11-12(16)6-5-7-13(11)17/h5-7H,2-4,8-10H2,1H3. The summed E-state index contributed by atoms with van der Waals surface area (Å²) in [6, 6.07) is 5.30. The van der Waals surface area contributed by atoms with Crippen molar-refractivity contribution in [3.8, 4) is 0 Å². The molecule has 0 bridgehead atoms. The molecule has 1 saturated carbocycles. The number of halogens is 2. The molecule has 0 aromatic heterocycles. The first-order valence-corrected chi connectivity index (χ1v) is 7.36. The van der Waals surface area contributed by atoms with Gasteiger partial charge in [0.25, 0.3) is 0 Å². The van der Waals surface area contributed by atoms with E-state index in [1.807, 2.05) is 0 Å². The Morgan fingerprint density at radius 2 is 1.79 bits per heavy atom. The van der Waals surface area contributed by atoms with E-state index in [0.29, 0.717) is 15.6 Å². The van der Waals surface area contributed by atoms with Crippen molar-refractivity contribution in [2.75, 3.05) is 7.11 Å². The fraction of sp³-hybridized carbons (Fsp3) is 0.533. The lowest BCUT2D eigenvalue weighted by Gasteiger charge is -2.34. The number of ether oxygens (including phenoxy) is 1. The second-order valence-corrected chi connectivity index (χ2v) is 5.87. The van der Waals surface area contributed by atoms with Crippen LogP contribution in [0.2, 0.25) is 10.0 Å². The smallest absolute Gasteiger partial charge is 0.169 e. The van der Waals surface area contributed by atoms with Crippen molar-refractivity contribution >= 4 is 29.0 Å². The summed E-state index contributed by atoms with van der Waals surface area (Å²) in [6.07, 6.45) is 5.08. The fourth-order valence-corrected chi connectivity index (χ4v) is 3.27. The van der Waals surface area contributed by atoms with E-state index in [1.54, 1.807) is 25.3 Å². The van der Waals surface area contributed by atoms with E-state index in [-0.39, 0.29) is 12.2 Å². The highest BCUT2D eigenvalue weighted by Gasteiger charge is 2.39. The van der Waals surface area contributed by atoms with Crippen LogP contribution in [0.1, 0.15) is 37.7 Å². The molecule has 0 N–H and O–H groups in total. The Hall–Kier alpha value is -0.570. The van der Waals surface area contributed by atoms with Gasteiger partial charge in [0.05, 0.1) is 0 Å². The number of benzene rings is 1. The number of hydrogen-bond donors (Lipinski definition) is 0. The molecule has 1 aliphatic rings. The van der Waals surface area contributed by atoms with Crippen LogP contribution in [-0.2, 0) is 16.0 Å². The third kappa shape index (κ3) is 3.13. The van der Waals surface area contributed by atoms with E-state index >= 15 is 0 Å². The number of rotatable bonds is 4. The molecule has 1 fully saturated rings. The lowest BCUT2D eigenvalue weighted by Crippen LogP contribution is -2.43. The Bertz CT molecular complexity index is 445.